The number of hydrogen-bond acceptors (Lipinski definition) is 1. The highest BCUT2D eigenvalue weighted by Gasteiger charge is 2.18. The maximum absolute atomic E-state index is 13.3. The molecular formula is C25H17NO. The largest absolute Gasteiger partial charge is 0.275 e. The summed E-state index contributed by atoms with van der Waals surface area (Å²) in [6.45, 7) is 7.86. The Labute approximate surface area is 156 Å². The molecule has 0 radical (unpaired) electrons. The lowest BCUT2D eigenvalue weighted by Gasteiger charge is -2.09. The van der Waals surface area contributed by atoms with Gasteiger partial charge in [0, 0.05) is 21.7 Å². The molecule has 2 heterocycles. The second-order valence-corrected chi connectivity index (χ2v) is 6.68. The Hall–Kier alpha value is -3.65. The molecule has 2 heteroatoms. The van der Waals surface area contributed by atoms with Crippen molar-refractivity contribution in [1.29, 1.82) is 0 Å². The first kappa shape index (κ1) is 15.6. The van der Waals surface area contributed by atoms with Crippen molar-refractivity contribution in [2.75, 3.05) is 0 Å². The fraction of sp³-hybridized carbons (Fsp3) is 0. The number of fused-ring (bicyclic) bond motifs is 2. The summed E-state index contributed by atoms with van der Waals surface area (Å²) < 4.78 is 1.78. The average Bonchev–Trinajstić information content (AvgIpc) is 3.06. The summed E-state index contributed by atoms with van der Waals surface area (Å²) in [7, 11) is 0. The average molecular weight is 347 g/mol. The van der Waals surface area contributed by atoms with Gasteiger partial charge in [-0.05, 0) is 34.7 Å². The van der Waals surface area contributed by atoms with Crippen LogP contribution in [0.3, 0.4) is 0 Å². The first-order chi connectivity index (χ1) is 13.2. The molecule has 128 valence electrons. The number of para-hydroxylation sites is 1. The molecule has 0 saturated heterocycles. The SMILES string of the molecule is C=Cc1c(C=C)n2c(=O)c3ccc(-c4ccccc4)cc3c3cccc1c32. The van der Waals surface area contributed by atoms with Crippen molar-refractivity contribution in [3.63, 3.8) is 0 Å². The van der Waals surface area contributed by atoms with Crippen molar-refractivity contribution < 1.29 is 0 Å². The minimum absolute atomic E-state index is 0.0173. The predicted octanol–water partition coefficient (Wildman–Crippen LogP) is 6.00. The summed E-state index contributed by atoms with van der Waals surface area (Å²) in [5.74, 6) is 0. The van der Waals surface area contributed by atoms with Crippen LogP contribution in [0.4, 0.5) is 0 Å². The van der Waals surface area contributed by atoms with Crippen LogP contribution >= 0.6 is 0 Å². The number of benzene rings is 3. The predicted molar refractivity (Wildman–Crippen MR) is 115 cm³/mol. The lowest BCUT2D eigenvalue weighted by molar-refractivity contribution is 1.13. The minimum atomic E-state index is -0.0173. The smallest absolute Gasteiger partial charge is 0.263 e. The Morgan fingerprint density at radius 1 is 0.704 bits per heavy atom. The Bertz CT molecular complexity index is 1410. The van der Waals surface area contributed by atoms with Crippen LogP contribution in [0.5, 0.6) is 0 Å². The van der Waals surface area contributed by atoms with Crippen molar-refractivity contribution in [3.8, 4) is 11.1 Å². The zero-order chi connectivity index (χ0) is 18.5. The molecule has 0 spiro atoms. The van der Waals surface area contributed by atoms with Crippen LogP contribution in [0, 0.1) is 0 Å². The first-order valence-corrected chi connectivity index (χ1v) is 8.91. The molecule has 0 amide bonds. The van der Waals surface area contributed by atoms with Gasteiger partial charge in [-0.3, -0.25) is 9.20 Å². The quantitative estimate of drug-likeness (QED) is 0.367. The molecule has 0 N–H and O–H groups in total. The summed E-state index contributed by atoms with van der Waals surface area (Å²) in [5.41, 5.74) is 4.91. The number of pyridine rings is 1. The highest BCUT2D eigenvalue weighted by molar-refractivity contribution is 6.15. The number of hydrogen-bond donors (Lipinski definition) is 0. The molecule has 2 aromatic heterocycles. The van der Waals surface area contributed by atoms with E-state index in [1.165, 1.54) is 0 Å². The van der Waals surface area contributed by atoms with E-state index in [4.69, 9.17) is 0 Å². The molecule has 3 aromatic carbocycles. The molecule has 0 aliphatic heterocycles. The van der Waals surface area contributed by atoms with Gasteiger partial charge in [0.1, 0.15) is 0 Å². The lowest BCUT2D eigenvalue weighted by atomic mass is 9.99. The Morgan fingerprint density at radius 2 is 1.48 bits per heavy atom. The van der Waals surface area contributed by atoms with E-state index in [1.54, 1.807) is 16.6 Å². The van der Waals surface area contributed by atoms with Gasteiger partial charge < -0.3 is 0 Å². The highest BCUT2D eigenvalue weighted by Crippen LogP contribution is 2.35. The van der Waals surface area contributed by atoms with E-state index < -0.39 is 0 Å². The molecule has 0 saturated carbocycles. The van der Waals surface area contributed by atoms with Crippen LogP contribution < -0.4 is 5.56 Å². The highest BCUT2D eigenvalue weighted by atomic mass is 16.1. The van der Waals surface area contributed by atoms with Crippen LogP contribution in [-0.4, -0.2) is 4.40 Å². The van der Waals surface area contributed by atoms with Gasteiger partial charge in [0.2, 0.25) is 0 Å². The standard InChI is InChI=1S/C25H17NO/c1-3-18-19-11-8-12-20-22-15-17(16-9-6-5-7-10-16)13-14-21(22)25(27)26(24(19)20)23(18)4-2/h3-15H,1-2H2. The van der Waals surface area contributed by atoms with Crippen LogP contribution in [0.25, 0.3) is 50.3 Å². The van der Waals surface area contributed by atoms with Crippen molar-refractivity contribution in [2.45, 2.75) is 0 Å². The zero-order valence-electron chi connectivity index (χ0n) is 14.8. The molecule has 5 aromatic rings. The maximum atomic E-state index is 13.3. The number of nitrogens with zero attached hydrogens (tertiary/aromatic N) is 1. The van der Waals surface area contributed by atoms with Gasteiger partial charge in [0.15, 0.2) is 0 Å². The van der Waals surface area contributed by atoms with E-state index in [-0.39, 0.29) is 5.56 Å². The molecule has 0 fully saturated rings. The first-order valence-electron chi connectivity index (χ1n) is 8.91. The maximum Gasteiger partial charge on any atom is 0.263 e. The number of rotatable bonds is 3. The van der Waals surface area contributed by atoms with Gasteiger partial charge in [0.25, 0.3) is 5.56 Å². The fourth-order valence-electron chi connectivity index (χ4n) is 4.11. The molecule has 27 heavy (non-hydrogen) atoms. The van der Waals surface area contributed by atoms with Crippen molar-refractivity contribution in [2.24, 2.45) is 0 Å². The van der Waals surface area contributed by atoms with E-state index >= 15 is 0 Å². The van der Waals surface area contributed by atoms with Crippen molar-refractivity contribution >= 4 is 39.2 Å². The molecular weight excluding hydrogens is 330 g/mol. The van der Waals surface area contributed by atoms with E-state index in [9.17, 15) is 4.79 Å². The van der Waals surface area contributed by atoms with Crippen LogP contribution in [-0.2, 0) is 0 Å². The summed E-state index contributed by atoms with van der Waals surface area (Å²) in [6, 6.07) is 22.5. The lowest BCUT2D eigenvalue weighted by Crippen LogP contribution is -2.14. The second kappa shape index (κ2) is 5.68. The van der Waals surface area contributed by atoms with Crippen molar-refractivity contribution in [1.82, 2.24) is 4.40 Å². The molecule has 0 bridgehead atoms. The van der Waals surface area contributed by atoms with Crippen molar-refractivity contribution in [3.05, 3.63) is 101 Å². The fourth-order valence-corrected chi connectivity index (χ4v) is 4.11. The van der Waals surface area contributed by atoms with E-state index in [0.717, 1.165) is 44.1 Å². The summed E-state index contributed by atoms with van der Waals surface area (Å²) in [4.78, 5) is 13.3. The van der Waals surface area contributed by atoms with Gasteiger partial charge >= 0.3 is 0 Å². The van der Waals surface area contributed by atoms with Gasteiger partial charge in [-0.25, -0.2) is 0 Å². The zero-order valence-corrected chi connectivity index (χ0v) is 14.8. The van der Waals surface area contributed by atoms with Crippen LogP contribution in [0.1, 0.15) is 11.3 Å². The summed E-state index contributed by atoms with van der Waals surface area (Å²) in [6.07, 6.45) is 3.54. The molecule has 2 nitrogen and oxygen atoms in total. The Balaban J connectivity index is 2.01. The molecule has 0 unspecified atom stereocenters. The second-order valence-electron chi connectivity index (χ2n) is 6.68. The third-order valence-electron chi connectivity index (χ3n) is 5.31. The van der Waals surface area contributed by atoms with Crippen LogP contribution in [0.2, 0.25) is 0 Å². The normalized spacial score (nSPS) is 11.4. The van der Waals surface area contributed by atoms with E-state index in [0.29, 0.717) is 5.39 Å². The van der Waals surface area contributed by atoms with E-state index in [2.05, 4.69) is 37.4 Å². The van der Waals surface area contributed by atoms with Crippen LogP contribution in [0.15, 0.2) is 84.7 Å². The molecule has 0 atom stereocenters. The third kappa shape index (κ3) is 2.04. The Kier molecular flexibility index (Phi) is 3.28. The van der Waals surface area contributed by atoms with Gasteiger partial charge in [-0.2, -0.15) is 0 Å². The molecule has 0 aliphatic carbocycles. The monoisotopic (exact) mass is 347 g/mol. The van der Waals surface area contributed by atoms with E-state index in [1.807, 2.05) is 42.5 Å². The third-order valence-corrected chi connectivity index (χ3v) is 5.31. The number of aromatic nitrogens is 1. The Morgan fingerprint density at radius 3 is 2.22 bits per heavy atom. The van der Waals surface area contributed by atoms with Gasteiger partial charge in [-0.15, -0.1) is 0 Å². The van der Waals surface area contributed by atoms with Gasteiger partial charge in [0.05, 0.1) is 11.2 Å². The van der Waals surface area contributed by atoms with Gasteiger partial charge in [-0.1, -0.05) is 73.8 Å². The topological polar surface area (TPSA) is 21.5 Å². The molecule has 0 aliphatic rings. The molecule has 5 rings (SSSR count). The summed E-state index contributed by atoms with van der Waals surface area (Å²) >= 11 is 0. The summed E-state index contributed by atoms with van der Waals surface area (Å²) in [5, 5.41) is 3.78. The minimum Gasteiger partial charge on any atom is -0.275 e.